The van der Waals surface area contributed by atoms with E-state index in [4.69, 9.17) is 9.47 Å². The Labute approximate surface area is 190 Å². The van der Waals surface area contributed by atoms with Gasteiger partial charge in [0.15, 0.2) is 0 Å². The molecule has 33 heavy (non-hydrogen) atoms. The maximum absolute atomic E-state index is 12.9. The highest BCUT2D eigenvalue weighted by atomic mass is 19.4. The molecule has 2 rings (SSSR count). The summed E-state index contributed by atoms with van der Waals surface area (Å²) in [5.74, 6) is -1.43. The van der Waals surface area contributed by atoms with Crippen LogP contribution < -0.4 is 4.74 Å². The second-order valence-electron chi connectivity index (χ2n) is 8.64. The summed E-state index contributed by atoms with van der Waals surface area (Å²) in [6.45, 7) is 4.74. The summed E-state index contributed by atoms with van der Waals surface area (Å²) in [5.41, 5.74) is -0.480. The van der Waals surface area contributed by atoms with Crippen molar-refractivity contribution in [2.75, 3.05) is 13.7 Å². The molecule has 1 atom stereocenters. The number of halogens is 3. The Balaban J connectivity index is 2.24. The third-order valence-corrected chi connectivity index (χ3v) is 4.74. The molecule has 6 nitrogen and oxygen atoms in total. The number of alkyl halides is 3. The lowest BCUT2D eigenvalue weighted by atomic mass is 9.98. The Bertz CT molecular complexity index is 935. The monoisotopic (exact) mass is 467 g/mol. The van der Waals surface area contributed by atoms with Gasteiger partial charge < -0.3 is 19.5 Å². The van der Waals surface area contributed by atoms with Gasteiger partial charge >= 0.3 is 18.2 Å². The molecule has 0 heterocycles. The maximum atomic E-state index is 12.9. The Morgan fingerprint density at radius 2 is 1.52 bits per heavy atom. The van der Waals surface area contributed by atoms with Crippen LogP contribution >= 0.6 is 0 Å². The number of benzene rings is 2. The zero-order chi connectivity index (χ0) is 24.8. The molecule has 1 amide bonds. The number of methoxy groups -OCH3 is 1. The van der Waals surface area contributed by atoms with Gasteiger partial charge in [0.2, 0.25) is 0 Å². The summed E-state index contributed by atoms with van der Waals surface area (Å²) in [4.78, 5) is 26.0. The number of hydrogen-bond acceptors (Lipinski definition) is 4. The number of hydrogen-bond donors (Lipinski definition) is 1. The minimum Gasteiger partial charge on any atom is -0.497 e. The summed E-state index contributed by atoms with van der Waals surface area (Å²) in [5, 5.41) is 9.76. The van der Waals surface area contributed by atoms with Crippen LogP contribution in [0.3, 0.4) is 0 Å². The fourth-order valence-corrected chi connectivity index (χ4v) is 3.09. The van der Waals surface area contributed by atoms with Crippen molar-refractivity contribution < 1.29 is 37.3 Å². The Morgan fingerprint density at radius 1 is 0.970 bits per heavy atom. The number of aliphatic carboxylic acids is 1. The molecule has 0 saturated heterocycles. The second-order valence-corrected chi connectivity index (χ2v) is 8.64. The van der Waals surface area contributed by atoms with Crippen LogP contribution in [-0.4, -0.2) is 41.3 Å². The molecule has 9 heteroatoms. The van der Waals surface area contributed by atoms with Gasteiger partial charge in [-0.3, -0.25) is 4.79 Å². The van der Waals surface area contributed by atoms with Gasteiger partial charge in [0.25, 0.3) is 0 Å². The van der Waals surface area contributed by atoms with E-state index in [0.29, 0.717) is 11.3 Å². The fourth-order valence-electron chi connectivity index (χ4n) is 3.09. The highest BCUT2D eigenvalue weighted by molar-refractivity contribution is 5.73. The van der Waals surface area contributed by atoms with Gasteiger partial charge in [-0.15, -0.1) is 0 Å². The van der Waals surface area contributed by atoms with Gasteiger partial charge in [-0.05, 0) is 62.6 Å². The van der Waals surface area contributed by atoms with Crippen molar-refractivity contribution in [2.24, 2.45) is 5.92 Å². The number of carboxylic acids is 1. The summed E-state index contributed by atoms with van der Waals surface area (Å²) in [7, 11) is 1.52. The van der Waals surface area contributed by atoms with Gasteiger partial charge in [-0.25, -0.2) is 4.79 Å². The van der Waals surface area contributed by atoms with Crippen LogP contribution in [0.2, 0.25) is 0 Å². The number of carbonyl (C=O) groups excluding carboxylic acids is 1. The van der Waals surface area contributed by atoms with Crippen LogP contribution in [0.4, 0.5) is 18.0 Å². The summed E-state index contributed by atoms with van der Waals surface area (Å²) >= 11 is 0. The van der Waals surface area contributed by atoms with Crippen molar-refractivity contribution in [1.82, 2.24) is 4.90 Å². The van der Waals surface area contributed by atoms with Crippen LogP contribution in [0.5, 0.6) is 5.75 Å². The average Bonchev–Trinajstić information content (AvgIpc) is 2.71. The highest BCUT2D eigenvalue weighted by Crippen LogP contribution is 2.29. The van der Waals surface area contributed by atoms with E-state index in [0.717, 1.165) is 17.7 Å². The van der Waals surface area contributed by atoms with Gasteiger partial charge in [0, 0.05) is 13.1 Å². The van der Waals surface area contributed by atoms with Crippen LogP contribution in [0.15, 0.2) is 48.5 Å². The van der Waals surface area contributed by atoms with Crippen molar-refractivity contribution in [1.29, 1.82) is 0 Å². The first-order valence-corrected chi connectivity index (χ1v) is 10.3. The normalized spacial score (nSPS) is 12.7. The SMILES string of the molecule is COc1ccc(CC(CN(Cc2ccc(C(F)(F)F)cc2)C(=O)OC(C)(C)C)C(=O)O)cc1. The Kier molecular flexibility index (Phi) is 8.35. The molecule has 0 fully saturated rings. The zero-order valence-electron chi connectivity index (χ0n) is 19.0. The topological polar surface area (TPSA) is 76.1 Å². The molecule has 1 N–H and O–H groups in total. The number of carboxylic acid groups (broad SMARTS) is 1. The van der Waals surface area contributed by atoms with Crippen molar-refractivity contribution >= 4 is 12.1 Å². The Morgan fingerprint density at radius 3 is 1.97 bits per heavy atom. The number of rotatable bonds is 8. The second kappa shape index (κ2) is 10.6. The van der Waals surface area contributed by atoms with Crippen LogP contribution in [0.25, 0.3) is 0 Å². The quantitative estimate of drug-likeness (QED) is 0.563. The van der Waals surface area contributed by atoms with Gasteiger partial charge in [-0.2, -0.15) is 13.2 Å². The molecule has 0 spiro atoms. The van der Waals surface area contributed by atoms with Gasteiger partial charge in [0.1, 0.15) is 11.4 Å². The number of amides is 1. The van der Waals surface area contributed by atoms with Gasteiger partial charge in [0.05, 0.1) is 18.6 Å². The third-order valence-electron chi connectivity index (χ3n) is 4.74. The highest BCUT2D eigenvalue weighted by Gasteiger charge is 2.31. The van der Waals surface area contributed by atoms with E-state index in [-0.39, 0.29) is 19.5 Å². The molecule has 180 valence electrons. The number of ether oxygens (including phenoxy) is 2. The molecule has 1 unspecified atom stereocenters. The number of nitrogens with zero attached hydrogens (tertiary/aromatic N) is 1. The van der Waals surface area contributed by atoms with Crippen molar-refractivity contribution in [2.45, 2.75) is 45.5 Å². The van der Waals surface area contributed by atoms with Crippen molar-refractivity contribution in [3.63, 3.8) is 0 Å². The first kappa shape index (κ1) is 26.0. The molecule has 0 aliphatic heterocycles. The maximum Gasteiger partial charge on any atom is 0.416 e. The molecule has 0 aliphatic rings. The van der Waals surface area contributed by atoms with Crippen LogP contribution in [-0.2, 0) is 28.7 Å². The smallest absolute Gasteiger partial charge is 0.416 e. The lowest BCUT2D eigenvalue weighted by molar-refractivity contribution is -0.142. The van der Waals surface area contributed by atoms with E-state index in [9.17, 15) is 27.9 Å². The van der Waals surface area contributed by atoms with E-state index < -0.39 is 35.3 Å². The minimum absolute atomic E-state index is 0.0978. The molecule has 0 radical (unpaired) electrons. The third kappa shape index (κ3) is 8.32. The number of carbonyl (C=O) groups is 2. The average molecular weight is 467 g/mol. The molecule has 0 saturated carbocycles. The molecule has 0 bridgehead atoms. The van der Waals surface area contributed by atoms with E-state index in [2.05, 4.69) is 0 Å². The summed E-state index contributed by atoms with van der Waals surface area (Å²) in [6.07, 6.45) is -5.08. The van der Waals surface area contributed by atoms with E-state index >= 15 is 0 Å². The minimum atomic E-state index is -4.48. The molecular formula is C24H28F3NO5. The van der Waals surface area contributed by atoms with Crippen LogP contribution in [0, 0.1) is 5.92 Å². The Hall–Kier alpha value is -3.23. The van der Waals surface area contributed by atoms with Crippen molar-refractivity contribution in [3.8, 4) is 5.75 Å². The van der Waals surface area contributed by atoms with E-state index in [1.54, 1.807) is 45.0 Å². The largest absolute Gasteiger partial charge is 0.497 e. The van der Waals surface area contributed by atoms with Crippen molar-refractivity contribution in [3.05, 3.63) is 65.2 Å². The van der Waals surface area contributed by atoms with Crippen LogP contribution in [0.1, 0.15) is 37.5 Å². The van der Waals surface area contributed by atoms with E-state index in [1.165, 1.54) is 24.1 Å². The lowest BCUT2D eigenvalue weighted by Gasteiger charge is -2.29. The van der Waals surface area contributed by atoms with E-state index in [1.807, 2.05) is 0 Å². The zero-order valence-corrected chi connectivity index (χ0v) is 19.0. The first-order chi connectivity index (χ1) is 15.3. The molecular weight excluding hydrogens is 439 g/mol. The molecule has 2 aromatic carbocycles. The predicted molar refractivity (Wildman–Crippen MR) is 116 cm³/mol. The standard InChI is InChI=1S/C24H28F3NO5/c1-23(2,3)33-22(31)28(14-17-5-9-19(10-6-17)24(25,26)27)15-18(21(29)30)13-16-7-11-20(32-4)12-8-16/h5-12,18H,13-15H2,1-4H3,(H,29,30). The molecule has 0 aromatic heterocycles. The summed E-state index contributed by atoms with van der Waals surface area (Å²) < 4.78 is 49.1. The first-order valence-electron chi connectivity index (χ1n) is 10.3. The molecule has 0 aliphatic carbocycles. The lowest BCUT2D eigenvalue weighted by Crippen LogP contribution is -2.41. The summed E-state index contributed by atoms with van der Waals surface area (Å²) in [6, 6.07) is 11.3. The van der Waals surface area contributed by atoms with Gasteiger partial charge in [-0.1, -0.05) is 24.3 Å². The predicted octanol–water partition coefficient (Wildman–Crippen LogP) is 5.39. The fraction of sp³-hybridized carbons (Fsp3) is 0.417. The molecule has 2 aromatic rings.